The quantitative estimate of drug-likeness (QED) is 0.615. The first-order valence-corrected chi connectivity index (χ1v) is 10.6. The maximum absolute atomic E-state index is 5.61. The summed E-state index contributed by atoms with van der Waals surface area (Å²) in [5.74, 6) is 0. The molecule has 15 heavy (non-hydrogen) atoms. The third-order valence-corrected chi connectivity index (χ3v) is 18.0. The molecule has 0 radical (unpaired) electrons. The molecule has 0 aliphatic carbocycles. The third-order valence-electron chi connectivity index (χ3n) is 3.23. The second-order valence-electron chi connectivity index (χ2n) is 3.59. The molecule has 0 rings (SSSR count). The minimum Gasteiger partial charge on any atom is -0.388 e. The summed E-state index contributed by atoms with van der Waals surface area (Å²) in [6.45, 7) is 4.35. The molecule has 0 amide bonds. The maximum Gasteiger partial charge on any atom is 0.472 e. The Balaban J connectivity index is 5.13. The van der Waals surface area contributed by atoms with Crippen LogP contribution >= 0.6 is 0 Å². The highest BCUT2D eigenvalue weighted by molar-refractivity contribution is 7.35. The Morgan fingerprint density at radius 1 is 0.800 bits per heavy atom. The number of rotatable bonds is 8. The van der Waals surface area contributed by atoms with E-state index < -0.39 is 15.9 Å². The van der Waals surface area contributed by atoms with E-state index in [1.807, 2.05) is 0 Å². The van der Waals surface area contributed by atoms with Crippen molar-refractivity contribution in [3.05, 3.63) is 0 Å². The van der Waals surface area contributed by atoms with Crippen LogP contribution in [0.4, 0.5) is 0 Å². The van der Waals surface area contributed by atoms with E-state index in [4.69, 9.17) is 18.0 Å². The highest BCUT2D eigenvalue weighted by atomic mass is 29.3. The van der Waals surface area contributed by atoms with Gasteiger partial charge >= 0.3 is 8.32 Å². The van der Waals surface area contributed by atoms with Crippen molar-refractivity contribution in [2.75, 3.05) is 34.7 Å². The van der Waals surface area contributed by atoms with Crippen LogP contribution < -0.4 is 0 Å². The molecular weight excluding hydrogens is 228 g/mol. The summed E-state index contributed by atoms with van der Waals surface area (Å²) < 4.78 is 22.2. The first-order chi connectivity index (χ1) is 7.11. The molecule has 0 fully saturated rings. The van der Waals surface area contributed by atoms with Crippen LogP contribution in [0.15, 0.2) is 0 Å². The summed E-state index contributed by atoms with van der Waals surface area (Å²) in [5, 5.41) is 0. The molecule has 0 heterocycles. The van der Waals surface area contributed by atoms with E-state index in [-0.39, 0.29) is 0 Å². The SMILES string of the molecule is CC[Si](CC)(COC)[Si](OC)(OC)OC. The smallest absolute Gasteiger partial charge is 0.388 e. The first kappa shape index (κ1) is 15.3. The van der Waals surface area contributed by atoms with Crippen LogP contribution in [0.3, 0.4) is 0 Å². The zero-order chi connectivity index (χ0) is 11.9. The van der Waals surface area contributed by atoms with Gasteiger partial charge in [0.1, 0.15) is 0 Å². The van der Waals surface area contributed by atoms with Gasteiger partial charge in [-0.1, -0.05) is 25.9 Å². The van der Waals surface area contributed by atoms with E-state index in [0.29, 0.717) is 0 Å². The van der Waals surface area contributed by atoms with Gasteiger partial charge in [-0.25, -0.2) is 0 Å². The Bertz CT molecular complexity index is 161. The molecule has 0 aromatic heterocycles. The van der Waals surface area contributed by atoms with Crippen molar-refractivity contribution in [2.24, 2.45) is 0 Å². The van der Waals surface area contributed by atoms with Crippen molar-refractivity contribution in [3.63, 3.8) is 0 Å². The van der Waals surface area contributed by atoms with Crippen molar-refractivity contribution in [2.45, 2.75) is 25.9 Å². The predicted octanol–water partition coefficient (Wildman–Crippen LogP) is 1.62. The molecule has 0 N–H and O–H groups in total. The van der Waals surface area contributed by atoms with Crippen molar-refractivity contribution in [1.29, 1.82) is 0 Å². The van der Waals surface area contributed by atoms with Crippen LogP contribution in [0, 0.1) is 0 Å². The highest BCUT2D eigenvalue weighted by Crippen LogP contribution is 2.29. The van der Waals surface area contributed by atoms with Gasteiger partial charge in [-0.15, -0.1) is 0 Å². The normalized spacial score (nSPS) is 13.2. The van der Waals surface area contributed by atoms with Crippen LogP contribution in [0.1, 0.15) is 13.8 Å². The molecule has 0 aliphatic rings. The maximum atomic E-state index is 5.61. The molecule has 92 valence electrons. The summed E-state index contributed by atoms with van der Waals surface area (Å²) >= 11 is 0. The Morgan fingerprint density at radius 2 is 1.20 bits per heavy atom. The molecule has 0 saturated carbocycles. The fraction of sp³-hybridized carbons (Fsp3) is 1.00. The van der Waals surface area contributed by atoms with Crippen molar-refractivity contribution in [3.8, 4) is 0 Å². The Kier molecular flexibility index (Phi) is 6.89. The van der Waals surface area contributed by atoms with E-state index in [1.54, 1.807) is 28.4 Å². The van der Waals surface area contributed by atoms with Gasteiger partial charge in [-0.05, 0) is 0 Å². The van der Waals surface area contributed by atoms with Crippen molar-refractivity contribution < 1.29 is 18.0 Å². The average molecular weight is 252 g/mol. The minimum atomic E-state index is -2.50. The molecule has 0 aromatic rings. The number of methoxy groups -OCH3 is 1. The van der Waals surface area contributed by atoms with Gasteiger partial charge in [0, 0.05) is 34.7 Å². The monoisotopic (exact) mass is 252 g/mol. The van der Waals surface area contributed by atoms with Crippen LogP contribution in [-0.4, -0.2) is 50.6 Å². The van der Waals surface area contributed by atoms with Crippen LogP contribution in [0.2, 0.25) is 12.1 Å². The lowest BCUT2D eigenvalue weighted by atomic mass is 10.9. The average Bonchev–Trinajstić information content (AvgIpc) is 2.30. The molecule has 0 bridgehead atoms. The molecule has 0 aliphatic heterocycles. The fourth-order valence-electron chi connectivity index (χ4n) is 2.15. The Morgan fingerprint density at radius 3 is 1.40 bits per heavy atom. The molecule has 0 aromatic carbocycles. The predicted molar refractivity (Wildman–Crippen MR) is 65.4 cm³/mol. The summed E-state index contributed by atoms with van der Waals surface area (Å²) in [6, 6.07) is 2.11. The highest BCUT2D eigenvalue weighted by Gasteiger charge is 2.59. The molecule has 0 spiro atoms. The number of hydrogen-bond donors (Lipinski definition) is 0. The largest absolute Gasteiger partial charge is 0.472 e. The first-order valence-electron chi connectivity index (χ1n) is 5.26. The van der Waals surface area contributed by atoms with Gasteiger partial charge in [0.25, 0.3) is 0 Å². The minimum absolute atomic E-state index is 0.738. The van der Waals surface area contributed by atoms with Gasteiger partial charge < -0.3 is 18.0 Å². The van der Waals surface area contributed by atoms with Gasteiger partial charge in [0.2, 0.25) is 0 Å². The molecule has 0 atom stereocenters. The second kappa shape index (κ2) is 6.77. The number of hydrogen-bond acceptors (Lipinski definition) is 4. The van der Waals surface area contributed by atoms with E-state index >= 15 is 0 Å². The van der Waals surface area contributed by atoms with Crippen LogP contribution in [-0.2, 0) is 18.0 Å². The lowest BCUT2D eigenvalue weighted by Crippen LogP contribution is -2.69. The lowest BCUT2D eigenvalue weighted by molar-refractivity contribution is 0.140. The van der Waals surface area contributed by atoms with Crippen molar-refractivity contribution >= 4 is 15.9 Å². The van der Waals surface area contributed by atoms with Gasteiger partial charge in [0.15, 0.2) is 7.59 Å². The fourth-order valence-corrected chi connectivity index (χ4v) is 13.9. The summed E-state index contributed by atoms with van der Waals surface area (Å²) in [7, 11) is 2.50. The van der Waals surface area contributed by atoms with E-state index in [1.165, 1.54) is 0 Å². The van der Waals surface area contributed by atoms with Crippen molar-refractivity contribution in [1.82, 2.24) is 0 Å². The summed E-state index contributed by atoms with van der Waals surface area (Å²) in [5.41, 5.74) is 0. The second-order valence-corrected chi connectivity index (χ2v) is 15.2. The number of ether oxygens (including phenoxy) is 1. The van der Waals surface area contributed by atoms with Crippen LogP contribution in [0.5, 0.6) is 0 Å². The Hall–Kier alpha value is 0.274. The summed E-state index contributed by atoms with van der Waals surface area (Å²) in [6.07, 6.45) is 0.738. The molecule has 4 nitrogen and oxygen atoms in total. The van der Waals surface area contributed by atoms with E-state index in [2.05, 4.69) is 13.8 Å². The lowest BCUT2D eigenvalue weighted by Gasteiger charge is -2.40. The standard InChI is InChI=1S/C9H24O4Si2/c1-7-14(8-2,9-10-3)15(11-4,12-5)13-6/h7-9H2,1-6H3. The van der Waals surface area contributed by atoms with Crippen LogP contribution in [0.25, 0.3) is 0 Å². The van der Waals surface area contributed by atoms with E-state index in [9.17, 15) is 0 Å². The summed E-state index contributed by atoms with van der Waals surface area (Å²) in [4.78, 5) is 0. The molecule has 0 saturated heterocycles. The topological polar surface area (TPSA) is 36.9 Å². The molecular formula is C9H24O4Si2. The zero-order valence-corrected chi connectivity index (χ0v) is 12.8. The molecule has 0 unspecified atom stereocenters. The third kappa shape index (κ3) is 2.69. The Labute approximate surface area is 95.0 Å². The van der Waals surface area contributed by atoms with E-state index in [0.717, 1.165) is 18.3 Å². The van der Waals surface area contributed by atoms with Gasteiger partial charge in [0.05, 0.1) is 0 Å². The van der Waals surface area contributed by atoms with Gasteiger partial charge in [-0.3, -0.25) is 0 Å². The molecule has 6 heteroatoms. The zero-order valence-electron chi connectivity index (χ0n) is 10.8. The van der Waals surface area contributed by atoms with Gasteiger partial charge in [-0.2, -0.15) is 0 Å².